The normalized spacial score (nSPS) is 10.2. The van der Waals surface area contributed by atoms with E-state index in [4.69, 9.17) is 5.84 Å². The molecular weight excluding hydrogens is 264 g/mol. The third kappa shape index (κ3) is 2.80. The number of thiophene rings is 1. The molecule has 14 heavy (non-hydrogen) atoms. The Morgan fingerprint density at radius 3 is 3.00 bits per heavy atom. The van der Waals surface area contributed by atoms with Gasteiger partial charge in [-0.3, -0.25) is 10.2 Å². The van der Waals surface area contributed by atoms with Crippen molar-refractivity contribution in [3.05, 3.63) is 20.3 Å². The second-order valence-electron chi connectivity index (χ2n) is 2.96. The van der Waals surface area contributed by atoms with E-state index >= 15 is 0 Å². The van der Waals surface area contributed by atoms with E-state index in [1.54, 1.807) is 0 Å². The summed E-state index contributed by atoms with van der Waals surface area (Å²) in [6.07, 6.45) is 3.31. The van der Waals surface area contributed by atoms with Gasteiger partial charge in [0.05, 0.1) is 4.88 Å². The molecule has 3 nitrogen and oxygen atoms in total. The number of nitrogens with two attached hydrogens (primary N) is 1. The first kappa shape index (κ1) is 11.7. The first-order valence-electron chi connectivity index (χ1n) is 4.48. The van der Waals surface area contributed by atoms with E-state index in [2.05, 4.69) is 28.3 Å². The molecule has 1 aromatic heterocycles. The van der Waals surface area contributed by atoms with Crippen molar-refractivity contribution in [1.82, 2.24) is 5.43 Å². The molecule has 0 saturated heterocycles. The maximum Gasteiger partial charge on any atom is 0.275 e. The van der Waals surface area contributed by atoms with Gasteiger partial charge in [-0.1, -0.05) is 13.3 Å². The summed E-state index contributed by atoms with van der Waals surface area (Å²) in [5.41, 5.74) is 2.13. The van der Waals surface area contributed by atoms with Crippen molar-refractivity contribution < 1.29 is 4.79 Å². The highest BCUT2D eigenvalue weighted by molar-refractivity contribution is 9.10. The Labute approximate surface area is 95.8 Å². The Morgan fingerprint density at radius 1 is 1.71 bits per heavy atom. The van der Waals surface area contributed by atoms with Crippen LogP contribution < -0.4 is 11.3 Å². The molecule has 0 bridgehead atoms. The number of hydrogen-bond acceptors (Lipinski definition) is 3. The maximum atomic E-state index is 11.2. The predicted molar refractivity (Wildman–Crippen MR) is 62.3 cm³/mol. The second kappa shape index (κ2) is 5.48. The molecule has 0 aromatic carbocycles. The van der Waals surface area contributed by atoms with E-state index < -0.39 is 0 Å². The summed E-state index contributed by atoms with van der Waals surface area (Å²) in [5.74, 6) is 4.83. The minimum atomic E-state index is -0.224. The lowest BCUT2D eigenvalue weighted by atomic mass is 10.2. The summed E-state index contributed by atoms with van der Waals surface area (Å²) < 4.78 is 1.01. The van der Waals surface area contributed by atoms with Crippen LogP contribution in [-0.4, -0.2) is 5.91 Å². The molecule has 0 spiro atoms. The average Bonchev–Trinajstić information content (AvgIpc) is 2.56. The Bertz CT molecular complexity index is 325. The van der Waals surface area contributed by atoms with E-state index in [9.17, 15) is 4.79 Å². The van der Waals surface area contributed by atoms with Gasteiger partial charge >= 0.3 is 0 Å². The van der Waals surface area contributed by atoms with Gasteiger partial charge in [-0.05, 0) is 34.8 Å². The van der Waals surface area contributed by atoms with Crippen LogP contribution in [-0.2, 0) is 6.42 Å². The Morgan fingerprint density at radius 2 is 2.43 bits per heavy atom. The maximum absolute atomic E-state index is 11.2. The zero-order valence-corrected chi connectivity index (χ0v) is 10.4. The predicted octanol–water partition coefficient (Wildman–Crippen LogP) is 2.46. The van der Waals surface area contributed by atoms with Crippen molar-refractivity contribution in [2.45, 2.75) is 26.2 Å². The van der Waals surface area contributed by atoms with Gasteiger partial charge in [0.2, 0.25) is 0 Å². The molecule has 78 valence electrons. The number of rotatable bonds is 4. The van der Waals surface area contributed by atoms with Crippen LogP contribution in [0.1, 0.15) is 34.3 Å². The number of aryl methyl sites for hydroxylation is 1. The molecular formula is C9H13BrN2OS. The van der Waals surface area contributed by atoms with Gasteiger partial charge in [0.1, 0.15) is 0 Å². The van der Waals surface area contributed by atoms with Crippen molar-refractivity contribution in [3.63, 3.8) is 0 Å². The monoisotopic (exact) mass is 276 g/mol. The fourth-order valence-electron chi connectivity index (χ4n) is 1.10. The van der Waals surface area contributed by atoms with Crippen molar-refractivity contribution in [2.75, 3.05) is 0 Å². The number of carbonyl (C=O) groups excluding carboxylic acids is 1. The van der Waals surface area contributed by atoms with Crippen LogP contribution in [0, 0.1) is 0 Å². The highest BCUT2D eigenvalue weighted by Crippen LogP contribution is 2.28. The SMILES string of the molecule is CCCCc1sc(C(=O)NN)cc1Br. The largest absolute Gasteiger partial charge is 0.289 e. The molecule has 5 heteroatoms. The molecule has 1 rings (SSSR count). The fraction of sp³-hybridized carbons (Fsp3) is 0.444. The van der Waals surface area contributed by atoms with Crippen LogP contribution in [0.3, 0.4) is 0 Å². The summed E-state index contributed by atoms with van der Waals surface area (Å²) in [6, 6.07) is 1.82. The van der Waals surface area contributed by atoms with Crippen LogP contribution in [0.15, 0.2) is 10.5 Å². The quantitative estimate of drug-likeness (QED) is 0.504. The first-order valence-corrected chi connectivity index (χ1v) is 6.09. The molecule has 3 N–H and O–H groups in total. The summed E-state index contributed by atoms with van der Waals surface area (Å²) in [6.45, 7) is 2.15. The summed E-state index contributed by atoms with van der Waals surface area (Å²) in [7, 11) is 0. The molecule has 0 aliphatic carbocycles. The van der Waals surface area contributed by atoms with Gasteiger partial charge in [-0.2, -0.15) is 0 Å². The zero-order valence-electron chi connectivity index (χ0n) is 7.97. The van der Waals surface area contributed by atoms with Gasteiger partial charge in [0, 0.05) is 9.35 Å². The van der Waals surface area contributed by atoms with Crippen LogP contribution in [0.2, 0.25) is 0 Å². The minimum absolute atomic E-state index is 0.224. The molecule has 0 aliphatic rings. The van der Waals surface area contributed by atoms with E-state index in [1.165, 1.54) is 16.2 Å². The smallest absolute Gasteiger partial charge is 0.275 e. The zero-order chi connectivity index (χ0) is 10.6. The summed E-state index contributed by atoms with van der Waals surface area (Å²) >= 11 is 4.93. The van der Waals surface area contributed by atoms with Gasteiger partial charge in [-0.25, -0.2) is 5.84 Å². The lowest BCUT2D eigenvalue weighted by Gasteiger charge is -1.95. The van der Waals surface area contributed by atoms with Gasteiger partial charge in [-0.15, -0.1) is 11.3 Å². The van der Waals surface area contributed by atoms with Gasteiger partial charge in [0.15, 0.2) is 0 Å². The Balaban J connectivity index is 2.76. The van der Waals surface area contributed by atoms with Crippen molar-refractivity contribution >= 4 is 33.2 Å². The highest BCUT2D eigenvalue weighted by atomic mass is 79.9. The van der Waals surface area contributed by atoms with E-state index in [-0.39, 0.29) is 5.91 Å². The van der Waals surface area contributed by atoms with Crippen molar-refractivity contribution in [3.8, 4) is 0 Å². The van der Waals surface area contributed by atoms with E-state index in [1.807, 2.05) is 6.07 Å². The lowest BCUT2D eigenvalue weighted by Crippen LogP contribution is -2.29. The molecule has 0 fully saturated rings. The molecule has 1 aromatic rings. The number of hydrazine groups is 1. The third-order valence-electron chi connectivity index (χ3n) is 1.87. The van der Waals surface area contributed by atoms with Crippen LogP contribution in [0.4, 0.5) is 0 Å². The number of nitrogens with one attached hydrogen (secondary N) is 1. The average molecular weight is 277 g/mol. The molecule has 0 unspecified atom stereocenters. The van der Waals surface area contributed by atoms with Crippen molar-refractivity contribution in [1.29, 1.82) is 0 Å². The number of carbonyl (C=O) groups is 1. The molecule has 0 atom stereocenters. The Kier molecular flexibility index (Phi) is 4.57. The van der Waals surface area contributed by atoms with Crippen LogP contribution in [0.25, 0.3) is 0 Å². The number of hydrogen-bond donors (Lipinski definition) is 2. The fourth-order valence-corrected chi connectivity index (χ4v) is 2.92. The third-order valence-corrected chi connectivity index (χ3v) is 4.03. The number of unbranched alkanes of at least 4 members (excludes halogenated alkanes) is 1. The van der Waals surface area contributed by atoms with Crippen LogP contribution >= 0.6 is 27.3 Å². The van der Waals surface area contributed by atoms with Crippen LogP contribution in [0.5, 0.6) is 0 Å². The second-order valence-corrected chi connectivity index (χ2v) is 4.95. The van der Waals surface area contributed by atoms with E-state index in [0.717, 1.165) is 23.7 Å². The van der Waals surface area contributed by atoms with Crippen molar-refractivity contribution in [2.24, 2.45) is 5.84 Å². The first-order chi connectivity index (χ1) is 6.69. The molecule has 0 radical (unpaired) electrons. The van der Waals surface area contributed by atoms with Gasteiger partial charge < -0.3 is 0 Å². The standard InChI is InChI=1S/C9H13BrN2OS/c1-2-3-4-7-6(10)5-8(14-7)9(13)12-11/h5H,2-4,11H2,1H3,(H,12,13). The molecule has 1 heterocycles. The Hall–Kier alpha value is -0.390. The molecule has 0 aliphatic heterocycles. The summed E-state index contributed by atoms with van der Waals surface area (Å²) in [5, 5.41) is 0. The molecule has 0 saturated carbocycles. The minimum Gasteiger partial charge on any atom is -0.289 e. The number of halogens is 1. The lowest BCUT2D eigenvalue weighted by molar-refractivity contribution is 0.0957. The van der Waals surface area contributed by atoms with E-state index in [0.29, 0.717) is 4.88 Å². The molecule has 1 amide bonds. The van der Waals surface area contributed by atoms with Gasteiger partial charge in [0.25, 0.3) is 5.91 Å². The number of amides is 1. The topological polar surface area (TPSA) is 55.1 Å². The summed E-state index contributed by atoms with van der Waals surface area (Å²) in [4.78, 5) is 13.1. The number of nitrogen functional groups attached to an aromatic ring is 1. The highest BCUT2D eigenvalue weighted by Gasteiger charge is 2.11.